The van der Waals surface area contributed by atoms with Crippen molar-refractivity contribution in [1.82, 2.24) is 20.5 Å². The molecule has 10 nitrogen and oxygen atoms in total. The third-order valence-electron chi connectivity index (χ3n) is 8.57. The van der Waals surface area contributed by atoms with Crippen LogP contribution in [0.5, 0.6) is 0 Å². The first kappa shape index (κ1) is 34.6. The minimum atomic E-state index is -4.43. The predicted octanol–water partition coefficient (Wildman–Crippen LogP) is 6.87. The quantitative estimate of drug-likeness (QED) is 0.200. The average Bonchev–Trinajstić information content (AvgIpc) is 3.72. The van der Waals surface area contributed by atoms with Crippen molar-refractivity contribution in [2.45, 2.75) is 62.0 Å². The van der Waals surface area contributed by atoms with Crippen molar-refractivity contribution in [2.75, 3.05) is 20.2 Å². The fraction of sp³-hybridized carbons (Fsp3) is 0.406. The summed E-state index contributed by atoms with van der Waals surface area (Å²) in [5.74, 6) is 1.01. The van der Waals surface area contributed by atoms with Gasteiger partial charge in [-0.1, -0.05) is 24.3 Å². The monoisotopic (exact) mass is 682 g/mol. The average molecular weight is 683 g/mol. The number of H-pyrrole nitrogens is 2. The van der Waals surface area contributed by atoms with E-state index in [1.807, 2.05) is 0 Å². The van der Waals surface area contributed by atoms with E-state index in [2.05, 4.69) is 15.6 Å². The van der Waals surface area contributed by atoms with Crippen LogP contribution in [0.4, 0.5) is 31.1 Å². The van der Waals surface area contributed by atoms with Crippen LogP contribution in [-0.2, 0) is 17.1 Å². The first-order valence-corrected chi connectivity index (χ1v) is 15.0. The van der Waals surface area contributed by atoms with Crippen LogP contribution in [0.1, 0.15) is 83.4 Å². The molecule has 0 bridgehead atoms. The molecule has 2 aromatic carbocycles. The van der Waals surface area contributed by atoms with E-state index in [4.69, 9.17) is 13.8 Å². The zero-order chi connectivity index (χ0) is 34.6. The molecule has 3 N–H and O–H groups in total. The summed E-state index contributed by atoms with van der Waals surface area (Å²) < 4.78 is 91.2. The summed E-state index contributed by atoms with van der Waals surface area (Å²) in [6.07, 6.45) is -6.86. The number of methoxy groups -OCH3 is 1. The molecule has 6 rings (SSSR count). The van der Waals surface area contributed by atoms with Crippen LogP contribution in [0.25, 0.3) is 0 Å². The Bertz CT molecular complexity index is 1770. The first-order valence-electron chi connectivity index (χ1n) is 15.0. The van der Waals surface area contributed by atoms with E-state index in [0.29, 0.717) is 49.4 Å². The van der Waals surface area contributed by atoms with Crippen molar-refractivity contribution in [3.8, 4) is 0 Å². The first-order chi connectivity index (χ1) is 22.7. The van der Waals surface area contributed by atoms with Crippen molar-refractivity contribution < 1.29 is 44.9 Å². The third kappa shape index (κ3) is 8.21. The SMILES string of the molecule is COC(=O)N1CC[C@@H](c2cc(=O)[nH]o2)C[C@H]1c1ccc(C(F)(F)F)cc1.O=c1cc([C@@H]2CCN[C@H](c3ccc(C(F)(F)F)cc3)C2)o[nH]1. The molecular formula is C32H32F6N4O6. The van der Waals surface area contributed by atoms with Gasteiger partial charge < -0.3 is 24.0 Å². The highest BCUT2D eigenvalue weighted by atomic mass is 19.4. The smallest absolute Gasteiger partial charge is 0.416 e. The maximum atomic E-state index is 12.8. The number of benzene rings is 2. The molecule has 1 amide bonds. The normalized spacial score (nSPS) is 21.7. The highest BCUT2D eigenvalue weighted by Gasteiger charge is 2.37. The van der Waals surface area contributed by atoms with Gasteiger partial charge in [0.15, 0.2) is 0 Å². The molecule has 2 aliphatic rings. The number of aromatic nitrogens is 2. The molecule has 0 radical (unpaired) electrons. The van der Waals surface area contributed by atoms with Crippen molar-refractivity contribution in [3.05, 3.63) is 115 Å². The molecular weight excluding hydrogens is 650 g/mol. The molecule has 0 saturated carbocycles. The number of hydrogen-bond donors (Lipinski definition) is 3. The predicted molar refractivity (Wildman–Crippen MR) is 158 cm³/mol. The number of likely N-dealkylation sites (tertiary alicyclic amines) is 1. The maximum absolute atomic E-state index is 12.8. The summed E-state index contributed by atoms with van der Waals surface area (Å²) in [7, 11) is 1.25. The van der Waals surface area contributed by atoms with Crippen LogP contribution in [-0.4, -0.2) is 41.5 Å². The van der Waals surface area contributed by atoms with Gasteiger partial charge in [-0.05, 0) is 67.6 Å². The van der Waals surface area contributed by atoms with Gasteiger partial charge in [0.05, 0.1) is 24.3 Å². The lowest BCUT2D eigenvalue weighted by Gasteiger charge is -2.38. The number of carbonyl (C=O) groups is 1. The van der Waals surface area contributed by atoms with Crippen LogP contribution >= 0.6 is 0 Å². The van der Waals surface area contributed by atoms with E-state index < -0.39 is 35.6 Å². The van der Waals surface area contributed by atoms with E-state index in [1.54, 1.807) is 0 Å². The number of amides is 1. The Morgan fingerprint density at radius 2 is 1.27 bits per heavy atom. The van der Waals surface area contributed by atoms with E-state index >= 15 is 0 Å². The fourth-order valence-corrected chi connectivity index (χ4v) is 6.10. The Hall–Kier alpha value is -4.73. The van der Waals surface area contributed by atoms with Crippen LogP contribution in [0.2, 0.25) is 0 Å². The Morgan fingerprint density at radius 1 is 0.771 bits per heavy atom. The molecule has 258 valence electrons. The lowest BCUT2D eigenvalue weighted by atomic mass is 9.85. The van der Waals surface area contributed by atoms with Gasteiger partial charge in [-0.25, -0.2) is 4.79 Å². The molecule has 2 saturated heterocycles. The third-order valence-corrected chi connectivity index (χ3v) is 8.57. The number of hydrogen-bond acceptors (Lipinski definition) is 7. The van der Waals surface area contributed by atoms with Gasteiger partial charge in [-0.15, -0.1) is 0 Å². The summed E-state index contributed by atoms with van der Waals surface area (Å²) in [5, 5.41) is 7.79. The van der Waals surface area contributed by atoms with Gasteiger partial charge >= 0.3 is 18.4 Å². The van der Waals surface area contributed by atoms with Crippen LogP contribution < -0.4 is 16.4 Å². The Kier molecular flexibility index (Phi) is 10.2. The zero-order valence-electron chi connectivity index (χ0n) is 25.5. The number of nitrogens with one attached hydrogen (secondary N) is 3. The lowest BCUT2D eigenvalue weighted by molar-refractivity contribution is -0.138. The molecule has 2 fully saturated rings. The van der Waals surface area contributed by atoms with Gasteiger partial charge in [-0.2, -0.15) is 36.7 Å². The highest BCUT2D eigenvalue weighted by molar-refractivity contribution is 5.68. The van der Waals surface area contributed by atoms with Crippen molar-refractivity contribution >= 4 is 6.09 Å². The van der Waals surface area contributed by atoms with Crippen molar-refractivity contribution in [1.29, 1.82) is 0 Å². The second-order valence-electron chi connectivity index (χ2n) is 11.6. The molecule has 48 heavy (non-hydrogen) atoms. The molecule has 4 atom stereocenters. The summed E-state index contributed by atoms with van der Waals surface area (Å²) in [6.45, 7) is 1.04. The van der Waals surface area contributed by atoms with Gasteiger partial charge in [0.1, 0.15) is 11.5 Å². The number of halogens is 6. The standard InChI is InChI=1S/C17H17F3N2O4.C15H15F3N2O2/c1-25-16(24)22-7-6-11(14-9-15(23)21-26-14)8-13(22)10-2-4-12(5-3-10)17(18,19)20;16-15(17,18)11-3-1-9(2-4-11)12-7-10(5-6-19-12)13-8-14(21)20-22-13/h2-5,9,11,13H,6-8H2,1H3,(H,21,23);1-4,8,10,12,19H,5-7H2,(H,20,21)/t11-,13+;10-,12+/m11/s1. The van der Waals surface area contributed by atoms with Crippen molar-refractivity contribution in [2.24, 2.45) is 0 Å². The summed E-state index contributed by atoms with van der Waals surface area (Å²) in [6, 6.07) is 12.1. The fourth-order valence-electron chi connectivity index (χ4n) is 6.10. The second-order valence-corrected chi connectivity index (χ2v) is 11.6. The lowest BCUT2D eigenvalue weighted by Crippen LogP contribution is -2.40. The number of piperidine rings is 2. The number of rotatable bonds is 4. The number of aromatic amines is 2. The molecule has 0 spiro atoms. The molecule has 2 aromatic heterocycles. The number of carbonyl (C=O) groups excluding carboxylic acids is 1. The van der Waals surface area contributed by atoms with Gasteiger partial charge in [0.25, 0.3) is 11.1 Å². The highest BCUT2D eigenvalue weighted by Crippen LogP contribution is 2.40. The van der Waals surface area contributed by atoms with Gasteiger partial charge in [-0.3, -0.25) is 9.59 Å². The van der Waals surface area contributed by atoms with Crippen molar-refractivity contribution in [3.63, 3.8) is 0 Å². The molecule has 4 aromatic rings. The Morgan fingerprint density at radius 3 is 1.73 bits per heavy atom. The molecule has 2 aliphatic heterocycles. The van der Waals surface area contributed by atoms with Gasteiger partial charge in [0, 0.05) is 36.6 Å². The van der Waals surface area contributed by atoms with Crippen LogP contribution in [0.3, 0.4) is 0 Å². The summed E-state index contributed by atoms with van der Waals surface area (Å²) >= 11 is 0. The topological polar surface area (TPSA) is 134 Å². The van der Waals surface area contributed by atoms with Crippen LogP contribution in [0.15, 0.2) is 79.3 Å². The zero-order valence-corrected chi connectivity index (χ0v) is 25.5. The van der Waals surface area contributed by atoms with E-state index in [0.717, 1.165) is 36.2 Å². The largest absolute Gasteiger partial charge is 0.453 e. The second kappa shape index (κ2) is 14.2. The number of ether oxygens (including phenoxy) is 1. The molecule has 16 heteroatoms. The minimum absolute atomic E-state index is 0.0544. The number of alkyl halides is 6. The molecule has 4 heterocycles. The minimum Gasteiger partial charge on any atom is -0.453 e. The summed E-state index contributed by atoms with van der Waals surface area (Å²) in [4.78, 5) is 36.0. The molecule has 0 aliphatic carbocycles. The Labute approximate surface area is 269 Å². The number of nitrogens with zero attached hydrogens (tertiary/aromatic N) is 1. The van der Waals surface area contributed by atoms with Crippen LogP contribution in [0, 0.1) is 0 Å². The maximum Gasteiger partial charge on any atom is 0.416 e. The molecule has 0 unspecified atom stereocenters. The van der Waals surface area contributed by atoms with E-state index in [9.17, 15) is 40.7 Å². The Balaban J connectivity index is 0.000000190. The van der Waals surface area contributed by atoms with Gasteiger partial charge in [0.2, 0.25) is 0 Å². The van der Waals surface area contributed by atoms with E-state index in [1.165, 1.54) is 48.4 Å². The summed E-state index contributed by atoms with van der Waals surface area (Å²) in [5.41, 5.74) is -0.683. The van der Waals surface area contributed by atoms with E-state index in [-0.39, 0.29) is 29.0 Å².